The molecule has 1 fully saturated rings. The molecule has 0 saturated carbocycles. The number of hydrogen-bond donors (Lipinski definition) is 0. The van der Waals surface area contributed by atoms with E-state index in [-0.39, 0.29) is 40.4 Å². The average Bonchev–Trinajstić information content (AvgIpc) is 3.71. The first kappa shape index (κ1) is 37.5. The van der Waals surface area contributed by atoms with E-state index in [2.05, 4.69) is 55.3 Å². The summed E-state index contributed by atoms with van der Waals surface area (Å²) in [6.45, 7) is 1.20. The molecule has 0 radical (unpaired) electrons. The summed E-state index contributed by atoms with van der Waals surface area (Å²) in [5.74, 6) is -3.29. The summed E-state index contributed by atoms with van der Waals surface area (Å²) >= 11 is 4.31. The van der Waals surface area contributed by atoms with Crippen molar-refractivity contribution in [2.24, 2.45) is 4.99 Å². The maximum atomic E-state index is 14.9. The molecule has 8 nitrogen and oxygen atoms in total. The number of rotatable bonds is 7. The lowest BCUT2D eigenvalue weighted by molar-refractivity contribution is -0.0368. The molecule has 0 spiro atoms. The third-order valence-electron chi connectivity index (χ3n) is 8.53. The molecule has 270 valence electrons. The number of nitrogens with zero attached hydrogens (tertiary/aromatic N) is 3. The lowest BCUT2D eigenvalue weighted by Crippen LogP contribution is -2.19. The molecule has 2 unspecified atom stereocenters. The van der Waals surface area contributed by atoms with Gasteiger partial charge in [-0.3, -0.25) is 4.99 Å². The van der Waals surface area contributed by atoms with Gasteiger partial charge in [0.1, 0.15) is 7.42 Å². The van der Waals surface area contributed by atoms with Crippen LogP contribution in [0, 0.1) is 27.0 Å². The van der Waals surface area contributed by atoms with E-state index in [9.17, 15) is 17.6 Å². The highest BCUT2D eigenvalue weighted by Crippen LogP contribution is 2.41. The summed E-state index contributed by atoms with van der Waals surface area (Å²) in [4.78, 5) is 4.32. The van der Waals surface area contributed by atoms with E-state index in [1.54, 1.807) is 34.1 Å². The monoisotopic (exact) mass is 950 g/mol. The Labute approximate surface area is 324 Å². The molecule has 1 saturated heterocycles. The quantitative estimate of drug-likeness (QED) is 0.0920. The largest absolute Gasteiger partial charge is 0.494 e. The second-order valence-electron chi connectivity index (χ2n) is 11.3. The van der Waals surface area contributed by atoms with Crippen molar-refractivity contribution >= 4 is 69.6 Å². The smallest absolute Gasteiger partial charge is 0.176 e. The Bertz CT molecular complexity index is 2080. The van der Waals surface area contributed by atoms with E-state index in [1.807, 2.05) is 16.8 Å². The minimum Gasteiger partial charge on any atom is -0.494 e. The van der Waals surface area contributed by atoms with Crippen LogP contribution in [0.15, 0.2) is 53.5 Å². The number of benzene rings is 4. The molecule has 2 atom stereocenters. The first-order valence-electron chi connectivity index (χ1n) is 16.0. The first-order valence-corrected chi connectivity index (χ1v) is 17.6. The third-order valence-corrected chi connectivity index (χ3v) is 10.3. The fourth-order valence-electron chi connectivity index (χ4n) is 5.99. The van der Waals surface area contributed by atoms with E-state index < -0.39 is 23.3 Å². The van der Waals surface area contributed by atoms with Crippen molar-refractivity contribution in [2.45, 2.75) is 32.0 Å². The summed E-state index contributed by atoms with van der Waals surface area (Å²) in [6, 6.07) is 12.9. The Kier molecular flexibility index (Phi) is 12.2. The van der Waals surface area contributed by atoms with Crippen LogP contribution < -0.4 is 18.9 Å². The highest BCUT2D eigenvalue weighted by molar-refractivity contribution is 14.1. The van der Waals surface area contributed by atoms with Crippen LogP contribution in [0.25, 0.3) is 33.2 Å². The second kappa shape index (κ2) is 16.6. The molecule has 15 heteroatoms. The van der Waals surface area contributed by atoms with Crippen LogP contribution in [0.4, 0.5) is 17.6 Å². The van der Waals surface area contributed by atoms with Crippen LogP contribution in [-0.2, 0) is 11.3 Å². The van der Waals surface area contributed by atoms with Gasteiger partial charge in [0.25, 0.3) is 0 Å². The Morgan fingerprint density at radius 3 is 1.80 bits per heavy atom. The zero-order valence-corrected chi connectivity index (χ0v) is 33.4. The molecular formula is C36H34F4I2N3O5P. The van der Waals surface area contributed by atoms with Crippen molar-refractivity contribution in [2.75, 3.05) is 35.0 Å². The number of ether oxygens (including phenoxy) is 5. The molecule has 0 amide bonds. The van der Waals surface area contributed by atoms with E-state index in [1.165, 1.54) is 40.6 Å². The molecule has 2 aliphatic rings. The standard InChI is InChI=1S/C20H19F2IN2O3.C16H12F2INO2.H3P/c1-26-14-10-15(27-2)19(22)17(18(14)21)11-6-7-12-13(9-11)25(24-20(12)23)16-5-3-4-8-28-16;1-21-11-6-12(22-2)15(18)13(14(11)17)8-3-4-10-9(5-8)7-20-16(10)19;/h6-7,9-10,16H,3-5,8H2,1-2H3;3-6H,7H2,1-2H3;1H3/i;;1D. The zero-order valence-electron chi connectivity index (χ0n) is 29.0. The fraction of sp³-hybridized carbons (Fsp3) is 0.278. The predicted octanol–water partition coefficient (Wildman–Crippen LogP) is 9.70. The maximum Gasteiger partial charge on any atom is 0.176 e. The van der Waals surface area contributed by atoms with Crippen LogP contribution in [0.1, 0.15) is 36.6 Å². The number of aliphatic imine (C=N–C) groups is 1. The van der Waals surface area contributed by atoms with E-state index in [0.717, 1.165) is 48.7 Å². The fourth-order valence-corrected chi connectivity index (χ4v) is 7.37. The van der Waals surface area contributed by atoms with Gasteiger partial charge in [-0.1, -0.05) is 18.2 Å². The first-order chi connectivity index (χ1) is 25.1. The van der Waals surface area contributed by atoms with Gasteiger partial charge in [-0.05, 0) is 99.3 Å². The van der Waals surface area contributed by atoms with E-state index in [0.29, 0.717) is 24.3 Å². The number of aromatic nitrogens is 2. The number of hydrogen-bond acceptors (Lipinski definition) is 7. The molecule has 1 aromatic heterocycles. The maximum absolute atomic E-state index is 14.9. The molecule has 5 aromatic rings. The van der Waals surface area contributed by atoms with Gasteiger partial charge in [0, 0.05) is 29.7 Å². The average molecular weight is 950 g/mol. The van der Waals surface area contributed by atoms with Crippen LogP contribution in [-0.4, -0.2) is 49.8 Å². The highest BCUT2D eigenvalue weighted by atomic mass is 127. The Hall–Kier alpha value is -3.21. The van der Waals surface area contributed by atoms with Gasteiger partial charge >= 0.3 is 0 Å². The highest BCUT2D eigenvalue weighted by Gasteiger charge is 2.26. The van der Waals surface area contributed by atoms with Crippen molar-refractivity contribution < 1.29 is 41.2 Å². The minimum absolute atomic E-state index is 0.0559. The molecule has 7 rings (SSSR count). The number of halogens is 6. The van der Waals surface area contributed by atoms with Gasteiger partial charge in [0.05, 0.1) is 52.9 Å². The SMILES string of the molecule is COc1cc(OC)c(F)c(-c2ccc3c(I)nn(C4CCCCO4)c3c2)c1F.COc1cc(OC)c(F)c(-c2ccc3c(c2)CN=C3I)c1F.[2H]P. The van der Waals surface area contributed by atoms with E-state index in [4.69, 9.17) is 25.0 Å². The van der Waals surface area contributed by atoms with Crippen LogP contribution in [0.3, 0.4) is 0 Å². The van der Waals surface area contributed by atoms with Crippen molar-refractivity contribution in [1.82, 2.24) is 9.78 Å². The molecular weight excluding hydrogens is 915 g/mol. The molecule has 3 heterocycles. The van der Waals surface area contributed by atoms with Crippen molar-refractivity contribution in [1.29, 1.82) is 1.28 Å². The van der Waals surface area contributed by atoms with Gasteiger partial charge in [0.2, 0.25) is 0 Å². The normalized spacial score (nSPS) is 15.1. The zero-order chi connectivity index (χ0) is 37.7. The van der Waals surface area contributed by atoms with Crippen molar-refractivity contribution in [3.05, 3.63) is 86.6 Å². The van der Waals surface area contributed by atoms with E-state index >= 15 is 0 Å². The lowest BCUT2D eigenvalue weighted by Gasteiger charge is -2.23. The molecule has 0 N–H and O–H groups in total. The Balaban J connectivity index is 0.000000197. The Morgan fingerprint density at radius 2 is 1.29 bits per heavy atom. The molecule has 2 aliphatic heterocycles. The summed E-state index contributed by atoms with van der Waals surface area (Å²) in [7, 11) is 7.00. The van der Waals surface area contributed by atoms with Gasteiger partial charge in [-0.2, -0.15) is 14.9 Å². The molecule has 4 aromatic carbocycles. The molecule has 0 bridgehead atoms. The van der Waals surface area contributed by atoms with Gasteiger partial charge in [0.15, 0.2) is 52.5 Å². The summed E-state index contributed by atoms with van der Waals surface area (Å²) in [5, 5.41) is 5.51. The molecule has 51 heavy (non-hydrogen) atoms. The van der Waals surface area contributed by atoms with Crippen LogP contribution in [0.5, 0.6) is 23.0 Å². The summed E-state index contributed by atoms with van der Waals surface area (Å²) in [6.07, 6.45) is 2.76. The van der Waals surface area contributed by atoms with Gasteiger partial charge < -0.3 is 23.7 Å². The summed E-state index contributed by atoms with van der Waals surface area (Å²) in [5.41, 5.74) is 3.20. The number of methoxy groups -OCH3 is 4. The third kappa shape index (κ3) is 7.51. The van der Waals surface area contributed by atoms with Crippen molar-refractivity contribution in [3.63, 3.8) is 0 Å². The van der Waals surface area contributed by atoms with Crippen LogP contribution >= 0.6 is 55.0 Å². The van der Waals surface area contributed by atoms with Crippen LogP contribution in [0.2, 0.25) is 0 Å². The Morgan fingerprint density at radius 1 is 0.765 bits per heavy atom. The topological polar surface area (TPSA) is 76.3 Å². The number of fused-ring (bicyclic) bond motifs is 2. The second-order valence-corrected chi connectivity index (χ2v) is 13.4. The lowest BCUT2D eigenvalue weighted by atomic mass is 9.99. The van der Waals surface area contributed by atoms with Gasteiger partial charge in [-0.15, -0.1) is 0 Å². The predicted molar refractivity (Wildman–Crippen MR) is 210 cm³/mol. The van der Waals surface area contributed by atoms with Crippen molar-refractivity contribution in [3.8, 4) is 45.3 Å². The summed E-state index contributed by atoms with van der Waals surface area (Å²) < 4.78 is 94.0. The van der Waals surface area contributed by atoms with Gasteiger partial charge in [-0.25, -0.2) is 22.2 Å². The minimum atomic E-state index is -0.769. The molecule has 0 aliphatic carbocycles.